The molecule has 0 aromatic heterocycles. The van der Waals surface area contributed by atoms with E-state index >= 15 is 0 Å². The van der Waals surface area contributed by atoms with Gasteiger partial charge in [-0.25, -0.2) is 4.79 Å². The van der Waals surface area contributed by atoms with E-state index in [2.05, 4.69) is 0 Å². The Morgan fingerprint density at radius 3 is 2.43 bits per heavy atom. The number of rotatable bonds is 5. The largest absolute Gasteiger partial charge is 0.462 e. The number of hydrogen-bond acceptors (Lipinski definition) is 3. The molecule has 0 amide bonds. The standard InChI is InChI=1S/C11H20O3/c1-5-11(4,7-12)8-14-10(13)6-9(2)3/h6,12H,5,7-8H2,1-4H3. The molecule has 0 fully saturated rings. The highest BCUT2D eigenvalue weighted by Gasteiger charge is 2.22. The van der Waals surface area contributed by atoms with E-state index in [1.54, 1.807) is 0 Å². The molecule has 0 saturated heterocycles. The maximum Gasteiger partial charge on any atom is 0.330 e. The lowest BCUT2D eigenvalue weighted by atomic mass is 9.90. The Hall–Kier alpha value is -0.830. The minimum atomic E-state index is -0.335. The van der Waals surface area contributed by atoms with Crippen LogP contribution in [0.5, 0.6) is 0 Å². The summed E-state index contributed by atoms with van der Waals surface area (Å²) >= 11 is 0. The van der Waals surface area contributed by atoms with Crippen molar-refractivity contribution < 1.29 is 14.6 Å². The van der Waals surface area contributed by atoms with Gasteiger partial charge in [-0.15, -0.1) is 0 Å². The quantitative estimate of drug-likeness (QED) is 0.544. The van der Waals surface area contributed by atoms with E-state index in [-0.39, 0.29) is 24.6 Å². The van der Waals surface area contributed by atoms with E-state index < -0.39 is 0 Å². The predicted octanol–water partition coefficient (Wildman–Crippen LogP) is 1.90. The number of aliphatic hydroxyl groups is 1. The van der Waals surface area contributed by atoms with Gasteiger partial charge in [0.15, 0.2) is 0 Å². The van der Waals surface area contributed by atoms with Gasteiger partial charge in [-0.2, -0.15) is 0 Å². The molecule has 1 atom stereocenters. The predicted molar refractivity (Wildman–Crippen MR) is 55.9 cm³/mol. The van der Waals surface area contributed by atoms with Gasteiger partial charge in [0.25, 0.3) is 0 Å². The van der Waals surface area contributed by atoms with Crippen LogP contribution >= 0.6 is 0 Å². The minimum Gasteiger partial charge on any atom is -0.462 e. The molecule has 0 aliphatic heterocycles. The average molecular weight is 200 g/mol. The highest BCUT2D eigenvalue weighted by molar-refractivity contribution is 5.82. The summed E-state index contributed by atoms with van der Waals surface area (Å²) in [6.07, 6.45) is 2.24. The second-order valence-corrected chi connectivity index (χ2v) is 4.15. The maximum atomic E-state index is 11.2. The van der Waals surface area contributed by atoms with Crippen LogP contribution in [-0.4, -0.2) is 24.3 Å². The fraction of sp³-hybridized carbons (Fsp3) is 0.727. The minimum absolute atomic E-state index is 0.0333. The molecule has 0 heterocycles. The lowest BCUT2D eigenvalue weighted by Crippen LogP contribution is -2.27. The van der Waals surface area contributed by atoms with Gasteiger partial charge < -0.3 is 9.84 Å². The van der Waals surface area contributed by atoms with Crippen LogP contribution in [0.3, 0.4) is 0 Å². The maximum absolute atomic E-state index is 11.2. The van der Waals surface area contributed by atoms with Crippen molar-refractivity contribution in [2.45, 2.75) is 34.1 Å². The van der Waals surface area contributed by atoms with Crippen molar-refractivity contribution in [3.63, 3.8) is 0 Å². The number of allylic oxidation sites excluding steroid dienone is 1. The van der Waals surface area contributed by atoms with Crippen molar-refractivity contribution in [2.75, 3.05) is 13.2 Å². The molecule has 0 bridgehead atoms. The van der Waals surface area contributed by atoms with Crippen LogP contribution in [0.15, 0.2) is 11.6 Å². The monoisotopic (exact) mass is 200 g/mol. The third-order valence-corrected chi connectivity index (χ3v) is 2.20. The van der Waals surface area contributed by atoms with Crippen molar-refractivity contribution in [3.05, 3.63) is 11.6 Å². The van der Waals surface area contributed by atoms with Crippen molar-refractivity contribution in [3.8, 4) is 0 Å². The summed E-state index contributed by atoms with van der Waals surface area (Å²) in [5.74, 6) is -0.335. The van der Waals surface area contributed by atoms with Gasteiger partial charge in [0.2, 0.25) is 0 Å². The van der Waals surface area contributed by atoms with Crippen molar-refractivity contribution in [1.29, 1.82) is 0 Å². The molecule has 3 nitrogen and oxygen atoms in total. The molecule has 1 unspecified atom stereocenters. The summed E-state index contributed by atoms with van der Waals surface area (Å²) in [6, 6.07) is 0. The lowest BCUT2D eigenvalue weighted by molar-refractivity contribution is -0.142. The Bertz CT molecular complexity index is 211. The van der Waals surface area contributed by atoms with Crippen molar-refractivity contribution in [2.24, 2.45) is 5.41 Å². The zero-order valence-electron chi connectivity index (χ0n) is 9.46. The topological polar surface area (TPSA) is 46.5 Å². The van der Waals surface area contributed by atoms with E-state index in [4.69, 9.17) is 9.84 Å². The van der Waals surface area contributed by atoms with Gasteiger partial charge in [-0.3, -0.25) is 0 Å². The third kappa shape index (κ3) is 5.02. The highest BCUT2D eigenvalue weighted by Crippen LogP contribution is 2.20. The number of esters is 1. The number of hydrogen-bond donors (Lipinski definition) is 1. The molecule has 0 rings (SSSR count). The van der Waals surface area contributed by atoms with Crippen LogP contribution < -0.4 is 0 Å². The van der Waals surface area contributed by atoms with Crippen LogP contribution in [0.2, 0.25) is 0 Å². The molecule has 0 aromatic carbocycles. The van der Waals surface area contributed by atoms with Crippen molar-refractivity contribution >= 4 is 5.97 Å². The summed E-state index contributed by atoms with van der Waals surface area (Å²) in [6.45, 7) is 7.83. The van der Waals surface area contributed by atoms with Crippen LogP contribution in [0.25, 0.3) is 0 Å². The molecule has 0 saturated carbocycles. The van der Waals surface area contributed by atoms with Crippen LogP contribution in [0.1, 0.15) is 34.1 Å². The number of carbonyl (C=O) groups is 1. The third-order valence-electron chi connectivity index (χ3n) is 2.20. The van der Waals surface area contributed by atoms with E-state index in [9.17, 15) is 4.79 Å². The average Bonchev–Trinajstić information content (AvgIpc) is 2.13. The molecular weight excluding hydrogens is 180 g/mol. The van der Waals surface area contributed by atoms with Gasteiger partial charge in [-0.1, -0.05) is 19.4 Å². The normalized spacial score (nSPS) is 14.4. The zero-order chi connectivity index (χ0) is 11.2. The number of carbonyl (C=O) groups excluding carboxylic acids is 1. The Morgan fingerprint density at radius 1 is 1.50 bits per heavy atom. The molecule has 14 heavy (non-hydrogen) atoms. The fourth-order valence-electron chi connectivity index (χ4n) is 0.782. The highest BCUT2D eigenvalue weighted by atomic mass is 16.5. The molecule has 1 N–H and O–H groups in total. The van der Waals surface area contributed by atoms with Gasteiger partial charge in [-0.05, 0) is 20.3 Å². The number of aliphatic hydroxyl groups excluding tert-OH is 1. The van der Waals surface area contributed by atoms with Crippen molar-refractivity contribution in [1.82, 2.24) is 0 Å². The van der Waals surface area contributed by atoms with E-state index in [0.717, 1.165) is 12.0 Å². The van der Waals surface area contributed by atoms with E-state index in [1.165, 1.54) is 6.08 Å². The Labute approximate surface area is 85.8 Å². The summed E-state index contributed by atoms with van der Waals surface area (Å²) in [5.41, 5.74) is 0.600. The summed E-state index contributed by atoms with van der Waals surface area (Å²) < 4.78 is 5.02. The Morgan fingerprint density at radius 2 is 2.07 bits per heavy atom. The van der Waals surface area contributed by atoms with E-state index in [1.807, 2.05) is 27.7 Å². The van der Waals surface area contributed by atoms with Crippen LogP contribution in [-0.2, 0) is 9.53 Å². The molecule has 0 spiro atoms. The van der Waals surface area contributed by atoms with Gasteiger partial charge in [0, 0.05) is 11.5 Å². The first kappa shape index (κ1) is 13.2. The summed E-state index contributed by atoms with van der Waals surface area (Å²) in [4.78, 5) is 11.2. The second kappa shape index (κ2) is 5.81. The molecule has 0 aromatic rings. The van der Waals surface area contributed by atoms with Gasteiger partial charge in [0.05, 0.1) is 13.2 Å². The molecular formula is C11H20O3. The van der Waals surface area contributed by atoms with Gasteiger partial charge >= 0.3 is 5.97 Å². The van der Waals surface area contributed by atoms with Crippen LogP contribution in [0.4, 0.5) is 0 Å². The van der Waals surface area contributed by atoms with Gasteiger partial charge in [0.1, 0.15) is 0 Å². The SMILES string of the molecule is CCC(C)(CO)COC(=O)C=C(C)C. The Balaban J connectivity index is 4.05. The second-order valence-electron chi connectivity index (χ2n) is 4.15. The zero-order valence-corrected chi connectivity index (χ0v) is 9.46. The van der Waals surface area contributed by atoms with E-state index in [0.29, 0.717) is 0 Å². The van der Waals surface area contributed by atoms with Crippen LogP contribution in [0, 0.1) is 5.41 Å². The summed E-state index contributed by atoms with van der Waals surface area (Å²) in [7, 11) is 0. The smallest absolute Gasteiger partial charge is 0.330 e. The lowest BCUT2D eigenvalue weighted by Gasteiger charge is -2.24. The molecule has 3 heteroatoms. The summed E-state index contributed by atoms with van der Waals surface area (Å²) in [5, 5.41) is 9.07. The Kier molecular flexibility index (Phi) is 5.46. The number of ether oxygens (including phenoxy) is 1. The molecule has 82 valence electrons. The first-order chi connectivity index (χ1) is 6.43. The first-order valence-corrected chi connectivity index (χ1v) is 4.86. The first-order valence-electron chi connectivity index (χ1n) is 4.86. The molecule has 0 aliphatic carbocycles. The molecule has 0 radical (unpaired) electrons. The fourth-order valence-corrected chi connectivity index (χ4v) is 0.782. The molecule has 0 aliphatic rings.